The van der Waals surface area contributed by atoms with Crippen molar-refractivity contribution in [1.29, 1.82) is 0 Å². The van der Waals surface area contributed by atoms with Crippen LogP contribution in [0.1, 0.15) is 54.3 Å². The number of H-pyrrole nitrogens is 1. The molecule has 0 bridgehead atoms. The molecule has 0 radical (unpaired) electrons. The number of aromatic nitrogens is 2. The van der Waals surface area contributed by atoms with Crippen LogP contribution in [0.4, 0.5) is 0 Å². The van der Waals surface area contributed by atoms with Gasteiger partial charge in [-0.2, -0.15) is 0 Å². The van der Waals surface area contributed by atoms with Gasteiger partial charge in [0.1, 0.15) is 15.5 Å². The number of rotatable bonds is 6. The van der Waals surface area contributed by atoms with Crippen LogP contribution < -0.4 is 10.9 Å². The van der Waals surface area contributed by atoms with Crippen LogP contribution in [0.3, 0.4) is 0 Å². The first kappa shape index (κ1) is 16.6. The van der Waals surface area contributed by atoms with Gasteiger partial charge >= 0.3 is 5.97 Å². The van der Waals surface area contributed by atoms with Crippen LogP contribution in [0.15, 0.2) is 4.79 Å². The van der Waals surface area contributed by atoms with Crippen molar-refractivity contribution in [2.45, 2.75) is 40.2 Å². The zero-order valence-corrected chi connectivity index (χ0v) is 14.1. The maximum Gasteiger partial charge on any atom is 0.348 e. The maximum absolute atomic E-state index is 12.3. The average molecular weight is 323 g/mol. The van der Waals surface area contributed by atoms with Crippen LogP contribution in [-0.2, 0) is 4.74 Å². The van der Waals surface area contributed by atoms with Gasteiger partial charge in [0, 0.05) is 0 Å². The van der Waals surface area contributed by atoms with E-state index in [9.17, 15) is 9.59 Å². The summed E-state index contributed by atoms with van der Waals surface area (Å²) in [6.07, 6.45) is 1.00. The third-order valence-electron chi connectivity index (χ3n) is 3.39. The molecule has 2 heterocycles. The Labute approximate surface area is 132 Å². The van der Waals surface area contributed by atoms with Gasteiger partial charge in [0.2, 0.25) is 0 Å². The number of nitrogens with one attached hydrogen (secondary N) is 2. The summed E-state index contributed by atoms with van der Waals surface area (Å²) in [4.78, 5) is 32.6. The second kappa shape index (κ2) is 7.02. The highest BCUT2D eigenvalue weighted by Gasteiger charge is 2.21. The monoisotopic (exact) mass is 323 g/mol. The van der Waals surface area contributed by atoms with E-state index >= 15 is 0 Å². The van der Waals surface area contributed by atoms with E-state index < -0.39 is 5.97 Å². The van der Waals surface area contributed by atoms with Crippen molar-refractivity contribution < 1.29 is 9.53 Å². The third kappa shape index (κ3) is 3.20. The SMILES string of the molecule is CCCNC(C)c1nc2sc(C(=O)OCC)c(C)c2c(=O)[nH]1. The van der Waals surface area contributed by atoms with Crippen molar-refractivity contribution in [3.05, 3.63) is 26.6 Å². The first-order valence-corrected chi connectivity index (χ1v) is 8.25. The molecule has 22 heavy (non-hydrogen) atoms. The van der Waals surface area contributed by atoms with E-state index in [1.54, 1.807) is 13.8 Å². The summed E-state index contributed by atoms with van der Waals surface area (Å²) in [5.74, 6) is 0.184. The van der Waals surface area contributed by atoms with Gasteiger partial charge in [0.25, 0.3) is 5.56 Å². The number of thiophene rings is 1. The lowest BCUT2D eigenvalue weighted by molar-refractivity contribution is 0.0531. The summed E-state index contributed by atoms with van der Waals surface area (Å²) in [5.41, 5.74) is 0.419. The van der Waals surface area contributed by atoms with Gasteiger partial charge in [-0.3, -0.25) is 4.79 Å². The van der Waals surface area contributed by atoms with Crippen LogP contribution in [0.2, 0.25) is 0 Å². The zero-order chi connectivity index (χ0) is 16.3. The largest absolute Gasteiger partial charge is 0.462 e. The van der Waals surface area contributed by atoms with Crippen LogP contribution >= 0.6 is 11.3 Å². The molecule has 0 fully saturated rings. The first-order valence-electron chi connectivity index (χ1n) is 7.43. The minimum atomic E-state index is -0.402. The number of hydrogen-bond acceptors (Lipinski definition) is 6. The molecule has 1 atom stereocenters. The quantitative estimate of drug-likeness (QED) is 0.798. The van der Waals surface area contributed by atoms with Crippen molar-refractivity contribution in [3.63, 3.8) is 0 Å². The molecular weight excluding hydrogens is 302 g/mol. The molecule has 0 saturated carbocycles. The molecule has 0 aliphatic carbocycles. The number of carbonyl (C=O) groups is 1. The van der Waals surface area contributed by atoms with Gasteiger partial charge < -0.3 is 15.0 Å². The lowest BCUT2D eigenvalue weighted by Gasteiger charge is -2.11. The van der Waals surface area contributed by atoms with Crippen LogP contribution in [-0.4, -0.2) is 29.1 Å². The number of esters is 1. The van der Waals surface area contributed by atoms with E-state index in [1.807, 2.05) is 6.92 Å². The van der Waals surface area contributed by atoms with Crippen molar-refractivity contribution >= 4 is 27.5 Å². The van der Waals surface area contributed by atoms with E-state index in [0.717, 1.165) is 13.0 Å². The van der Waals surface area contributed by atoms with Crippen molar-refractivity contribution in [3.8, 4) is 0 Å². The molecule has 2 aromatic heterocycles. The molecule has 2 rings (SSSR count). The summed E-state index contributed by atoms with van der Waals surface area (Å²) >= 11 is 1.21. The Morgan fingerprint density at radius 2 is 2.18 bits per heavy atom. The molecule has 6 nitrogen and oxygen atoms in total. The molecule has 0 aliphatic rings. The second-order valence-electron chi connectivity index (χ2n) is 5.08. The third-order valence-corrected chi connectivity index (χ3v) is 4.56. The minimum Gasteiger partial charge on any atom is -0.462 e. The van der Waals surface area contributed by atoms with Crippen molar-refractivity contribution in [2.75, 3.05) is 13.2 Å². The number of hydrogen-bond donors (Lipinski definition) is 2. The number of ether oxygens (including phenoxy) is 1. The highest BCUT2D eigenvalue weighted by Crippen LogP contribution is 2.28. The Kier molecular flexibility index (Phi) is 5.31. The van der Waals surface area contributed by atoms with Gasteiger partial charge in [-0.25, -0.2) is 9.78 Å². The number of fused-ring (bicyclic) bond motifs is 1. The number of aryl methyl sites for hydroxylation is 1. The normalized spacial score (nSPS) is 12.5. The zero-order valence-electron chi connectivity index (χ0n) is 13.3. The van der Waals surface area contributed by atoms with Crippen molar-refractivity contribution in [1.82, 2.24) is 15.3 Å². The average Bonchev–Trinajstić information content (AvgIpc) is 2.82. The minimum absolute atomic E-state index is 0.0505. The Morgan fingerprint density at radius 1 is 1.45 bits per heavy atom. The fraction of sp³-hybridized carbons (Fsp3) is 0.533. The molecule has 0 spiro atoms. The first-order chi connectivity index (χ1) is 10.5. The molecule has 0 saturated heterocycles. The smallest absolute Gasteiger partial charge is 0.348 e. The lowest BCUT2D eigenvalue weighted by Crippen LogP contribution is -2.24. The molecule has 2 N–H and O–H groups in total. The lowest BCUT2D eigenvalue weighted by atomic mass is 10.2. The summed E-state index contributed by atoms with van der Waals surface area (Å²) in [6, 6.07) is -0.0505. The fourth-order valence-corrected chi connectivity index (χ4v) is 3.30. The van der Waals surface area contributed by atoms with Gasteiger partial charge in [-0.1, -0.05) is 6.92 Å². The van der Waals surface area contributed by atoms with E-state index in [-0.39, 0.29) is 11.6 Å². The summed E-state index contributed by atoms with van der Waals surface area (Å²) in [5, 5.41) is 3.76. The molecular formula is C15H21N3O3S. The van der Waals surface area contributed by atoms with Gasteiger partial charge in [-0.15, -0.1) is 11.3 Å². The Balaban J connectivity index is 2.47. The maximum atomic E-state index is 12.3. The summed E-state index contributed by atoms with van der Waals surface area (Å²) in [6.45, 7) is 8.69. The van der Waals surface area contributed by atoms with Crippen molar-refractivity contribution in [2.24, 2.45) is 0 Å². The Morgan fingerprint density at radius 3 is 2.82 bits per heavy atom. The van der Waals surface area contributed by atoms with Crippen LogP contribution in [0, 0.1) is 6.92 Å². The molecule has 7 heteroatoms. The second-order valence-corrected chi connectivity index (χ2v) is 6.08. The molecule has 0 amide bonds. The fourth-order valence-electron chi connectivity index (χ4n) is 2.21. The van der Waals surface area contributed by atoms with Crippen LogP contribution in [0.5, 0.6) is 0 Å². The molecule has 120 valence electrons. The topological polar surface area (TPSA) is 84.1 Å². The highest BCUT2D eigenvalue weighted by molar-refractivity contribution is 7.20. The van der Waals surface area contributed by atoms with E-state index in [1.165, 1.54) is 11.3 Å². The number of carbonyl (C=O) groups excluding carboxylic acids is 1. The number of nitrogens with zero attached hydrogens (tertiary/aromatic N) is 1. The van der Waals surface area contributed by atoms with E-state index in [0.29, 0.717) is 33.1 Å². The molecule has 0 aliphatic heterocycles. The van der Waals surface area contributed by atoms with Gasteiger partial charge in [0.05, 0.1) is 18.0 Å². The van der Waals surface area contributed by atoms with Crippen LogP contribution in [0.25, 0.3) is 10.2 Å². The predicted octanol–water partition coefficient (Wildman–Crippen LogP) is 2.53. The summed E-state index contributed by atoms with van der Waals surface area (Å²) < 4.78 is 5.03. The predicted molar refractivity (Wildman–Crippen MR) is 87.6 cm³/mol. The van der Waals surface area contributed by atoms with Gasteiger partial charge in [-0.05, 0) is 39.3 Å². The Hall–Kier alpha value is -1.73. The highest BCUT2D eigenvalue weighted by atomic mass is 32.1. The summed E-state index contributed by atoms with van der Waals surface area (Å²) in [7, 11) is 0. The Bertz CT molecular complexity index is 735. The number of aromatic amines is 1. The van der Waals surface area contributed by atoms with E-state index in [4.69, 9.17) is 4.74 Å². The molecule has 0 aromatic carbocycles. The molecule has 1 unspecified atom stereocenters. The standard InChI is InChI=1S/C15H21N3O3S/c1-5-7-16-9(4)12-17-13(19)10-8(3)11(15(20)21-6-2)22-14(10)18-12/h9,16H,5-7H2,1-4H3,(H,17,18,19). The van der Waals surface area contributed by atoms with E-state index in [2.05, 4.69) is 22.2 Å². The molecule has 2 aromatic rings. The van der Waals surface area contributed by atoms with Gasteiger partial charge in [0.15, 0.2) is 0 Å².